The molecule has 0 radical (unpaired) electrons. The van der Waals surface area contributed by atoms with Crippen molar-refractivity contribution in [1.29, 1.82) is 0 Å². The first-order chi connectivity index (χ1) is 9.10. The minimum absolute atomic E-state index is 0.378. The van der Waals surface area contributed by atoms with Crippen molar-refractivity contribution in [3.8, 4) is 0 Å². The molecule has 0 aromatic heterocycles. The van der Waals surface area contributed by atoms with Crippen molar-refractivity contribution in [3.05, 3.63) is 0 Å². The Balaban J connectivity index is 1.92. The lowest BCUT2D eigenvalue weighted by atomic mass is 9.79. The van der Waals surface area contributed by atoms with Crippen LogP contribution in [0.1, 0.15) is 33.6 Å². The first kappa shape index (κ1) is 15.2. The molecular formula is C15H30N2O2. The van der Waals surface area contributed by atoms with E-state index in [9.17, 15) is 0 Å². The highest BCUT2D eigenvalue weighted by Crippen LogP contribution is 2.31. The van der Waals surface area contributed by atoms with Crippen LogP contribution in [0.15, 0.2) is 0 Å². The second kappa shape index (κ2) is 7.02. The molecule has 0 amide bonds. The molecular weight excluding hydrogens is 240 g/mol. The van der Waals surface area contributed by atoms with Gasteiger partial charge >= 0.3 is 0 Å². The first-order valence-corrected chi connectivity index (χ1v) is 7.75. The molecule has 0 saturated carbocycles. The zero-order chi connectivity index (χ0) is 13.7. The van der Waals surface area contributed by atoms with E-state index < -0.39 is 0 Å². The molecule has 0 spiro atoms. The smallest absolute Gasteiger partial charge is 0.0674 e. The number of ether oxygens (including phenoxy) is 2. The number of hydrogen-bond acceptors (Lipinski definition) is 4. The van der Waals surface area contributed by atoms with E-state index in [2.05, 4.69) is 31.0 Å². The van der Waals surface area contributed by atoms with E-state index in [0.29, 0.717) is 17.6 Å². The second-order valence-corrected chi connectivity index (χ2v) is 6.56. The quantitative estimate of drug-likeness (QED) is 0.821. The fourth-order valence-corrected chi connectivity index (χ4v) is 3.12. The summed E-state index contributed by atoms with van der Waals surface area (Å²) in [6.07, 6.45) is 2.74. The second-order valence-electron chi connectivity index (χ2n) is 6.56. The summed E-state index contributed by atoms with van der Waals surface area (Å²) in [4.78, 5) is 2.58. The van der Waals surface area contributed by atoms with Gasteiger partial charge in [0.1, 0.15) is 0 Å². The van der Waals surface area contributed by atoms with Crippen LogP contribution in [0, 0.1) is 5.41 Å². The predicted molar refractivity (Wildman–Crippen MR) is 77.5 cm³/mol. The maximum absolute atomic E-state index is 5.65. The van der Waals surface area contributed by atoms with E-state index in [1.165, 1.54) is 19.4 Å². The monoisotopic (exact) mass is 270 g/mol. The Kier molecular flexibility index (Phi) is 5.63. The van der Waals surface area contributed by atoms with Gasteiger partial charge in [-0.15, -0.1) is 0 Å². The first-order valence-electron chi connectivity index (χ1n) is 7.75. The molecule has 0 aliphatic carbocycles. The van der Waals surface area contributed by atoms with Crippen LogP contribution in [0.2, 0.25) is 0 Å². The highest BCUT2D eigenvalue weighted by atomic mass is 16.5. The van der Waals surface area contributed by atoms with E-state index in [1.54, 1.807) is 0 Å². The van der Waals surface area contributed by atoms with Crippen LogP contribution in [0.25, 0.3) is 0 Å². The highest BCUT2D eigenvalue weighted by molar-refractivity contribution is 4.88. The van der Waals surface area contributed by atoms with Crippen molar-refractivity contribution in [3.63, 3.8) is 0 Å². The fraction of sp³-hybridized carbons (Fsp3) is 1.00. The van der Waals surface area contributed by atoms with Crippen molar-refractivity contribution < 1.29 is 9.47 Å². The maximum atomic E-state index is 5.65. The van der Waals surface area contributed by atoms with Crippen LogP contribution in [0.3, 0.4) is 0 Å². The number of morpholine rings is 1. The van der Waals surface area contributed by atoms with E-state index >= 15 is 0 Å². The van der Waals surface area contributed by atoms with Gasteiger partial charge in [0, 0.05) is 45.4 Å². The van der Waals surface area contributed by atoms with Gasteiger partial charge in [0.2, 0.25) is 0 Å². The van der Waals surface area contributed by atoms with Crippen LogP contribution in [-0.2, 0) is 9.47 Å². The molecule has 2 aliphatic rings. The van der Waals surface area contributed by atoms with Crippen molar-refractivity contribution in [1.82, 2.24) is 10.2 Å². The average molecular weight is 270 g/mol. The molecule has 112 valence electrons. The van der Waals surface area contributed by atoms with Crippen LogP contribution < -0.4 is 5.32 Å². The van der Waals surface area contributed by atoms with Gasteiger partial charge in [-0.25, -0.2) is 0 Å². The fourth-order valence-electron chi connectivity index (χ4n) is 3.12. The van der Waals surface area contributed by atoms with Crippen molar-refractivity contribution in [2.45, 2.75) is 45.8 Å². The molecule has 2 saturated heterocycles. The molecule has 1 atom stereocenters. The third kappa shape index (κ3) is 4.71. The van der Waals surface area contributed by atoms with Crippen LogP contribution in [0.4, 0.5) is 0 Å². The summed E-state index contributed by atoms with van der Waals surface area (Å²) in [6, 6.07) is 0.559. The summed E-state index contributed by atoms with van der Waals surface area (Å²) in [5.74, 6) is 0. The Morgan fingerprint density at radius 3 is 2.63 bits per heavy atom. The number of rotatable bonds is 5. The minimum Gasteiger partial charge on any atom is -0.381 e. The highest BCUT2D eigenvalue weighted by Gasteiger charge is 2.35. The lowest BCUT2D eigenvalue weighted by molar-refractivity contribution is -0.0537. The molecule has 0 bridgehead atoms. The molecule has 4 heteroatoms. The van der Waals surface area contributed by atoms with Gasteiger partial charge < -0.3 is 14.8 Å². The van der Waals surface area contributed by atoms with Gasteiger partial charge in [-0.3, -0.25) is 4.90 Å². The molecule has 4 nitrogen and oxygen atoms in total. The molecule has 1 N–H and O–H groups in total. The van der Waals surface area contributed by atoms with E-state index in [4.69, 9.17) is 9.47 Å². The van der Waals surface area contributed by atoms with E-state index in [1.807, 2.05) is 0 Å². The van der Waals surface area contributed by atoms with E-state index in [-0.39, 0.29) is 0 Å². The summed E-state index contributed by atoms with van der Waals surface area (Å²) >= 11 is 0. The summed E-state index contributed by atoms with van der Waals surface area (Å²) in [5.41, 5.74) is 0.388. The topological polar surface area (TPSA) is 33.7 Å². The largest absolute Gasteiger partial charge is 0.381 e. The molecule has 0 aromatic carbocycles. The minimum atomic E-state index is 0.378. The van der Waals surface area contributed by atoms with Gasteiger partial charge in [-0.05, 0) is 25.2 Å². The lowest BCUT2D eigenvalue weighted by Crippen LogP contribution is -2.52. The van der Waals surface area contributed by atoms with Crippen LogP contribution in [0.5, 0.6) is 0 Å². The Morgan fingerprint density at radius 2 is 2.00 bits per heavy atom. The summed E-state index contributed by atoms with van der Waals surface area (Å²) in [7, 11) is 0. The summed E-state index contributed by atoms with van der Waals surface area (Å²) < 4.78 is 11.2. The van der Waals surface area contributed by atoms with Crippen LogP contribution in [-0.4, -0.2) is 63.0 Å². The maximum Gasteiger partial charge on any atom is 0.0674 e. The summed E-state index contributed by atoms with van der Waals surface area (Å²) in [6.45, 7) is 13.8. The molecule has 2 aliphatic heterocycles. The molecule has 2 heterocycles. The molecule has 2 fully saturated rings. The Morgan fingerprint density at radius 1 is 1.26 bits per heavy atom. The van der Waals surface area contributed by atoms with Gasteiger partial charge in [0.15, 0.2) is 0 Å². The average Bonchev–Trinajstić information content (AvgIpc) is 2.38. The van der Waals surface area contributed by atoms with Gasteiger partial charge in [-0.1, -0.05) is 13.8 Å². The normalized spacial score (nSPS) is 28.7. The van der Waals surface area contributed by atoms with Crippen LogP contribution >= 0.6 is 0 Å². The number of nitrogens with zero attached hydrogens (tertiary/aromatic N) is 1. The summed E-state index contributed by atoms with van der Waals surface area (Å²) in [5, 5.41) is 3.64. The molecule has 0 aromatic rings. The predicted octanol–water partition coefficient (Wildman–Crippen LogP) is 1.50. The Labute approximate surface area is 117 Å². The zero-order valence-electron chi connectivity index (χ0n) is 12.8. The molecule has 19 heavy (non-hydrogen) atoms. The van der Waals surface area contributed by atoms with Gasteiger partial charge in [0.05, 0.1) is 12.7 Å². The van der Waals surface area contributed by atoms with E-state index in [0.717, 1.165) is 39.5 Å². The standard InChI is InChI=1S/C15H30N2O2/c1-13(2)16-11-15(4-7-18-8-5-15)12-17-6-9-19-14(3)10-17/h13-14,16H,4-12H2,1-3H3. The zero-order valence-corrected chi connectivity index (χ0v) is 12.8. The Bertz CT molecular complexity index is 265. The van der Waals surface area contributed by atoms with Crippen molar-refractivity contribution >= 4 is 0 Å². The lowest BCUT2D eigenvalue weighted by Gasteiger charge is -2.43. The van der Waals surface area contributed by atoms with Gasteiger partial charge in [0.25, 0.3) is 0 Å². The van der Waals surface area contributed by atoms with Gasteiger partial charge in [-0.2, -0.15) is 0 Å². The third-order valence-electron chi connectivity index (χ3n) is 4.32. The van der Waals surface area contributed by atoms with Crippen molar-refractivity contribution in [2.75, 3.05) is 46.0 Å². The number of nitrogens with one attached hydrogen (secondary N) is 1. The number of hydrogen-bond donors (Lipinski definition) is 1. The Hall–Kier alpha value is -0.160. The SMILES string of the molecule is CC(C)NCC1(CN2CCOC(C)C2)CCOCC1. The molecule has 1 unspecified atom stereocenters. The van der Waals surface area contributed by atoms with Crippen molar-refractivity contribution in [2.24, 2.45) is 5.41 Å². The molecule has 2 rings (SSSR count). The third-order valence-corrected chi connectivity index (χ3v) is 4.32.